The zero-order chi connectivity index (χ0) is 8.27. The zero-order valence-corrected chi connectivity index (χ0v) is 6.20. The summed E-state index contributed by atoms with van der Waals surface area (Å²) in [7, 11) is 1.31. The van der Waals surface area contributed by atoms with Crippen LogP contribution in [0.3, 0.4) is 0 Å². The minimum absolute atomic E-state index is 0.438. The Kier molecular flexibility index (Phi) is 2.28. The van der Waals surface area contributed by atoms with Crippen molar-refractivity contribution in [1.82, 2.24) is 4.98 Å². The first-order valence-electron chi connectivity index (χ1n) is 3.22. The first kappa shape index (κ1) is 7.81. The van der Waals surface area contributed by atoms with Crippen molar-refractivity contribution < 1.29 is 9.53 Å². The van der Waals surface area contributed by atoms with Gasteiger partial charge in [-0.1, -0.05) is 0 Å². The second kappa shape index (κ2) is 3.21. The number of nitrogens with one attached hydrogen (secondary N) is 1. The molecular formula is C7H10N2O2. The lowest BCUT2D eigenvalue weighted by Gasteiger charge is -2.05. The summed E-state index contributed by atoms with van der Waals surface area (Å²) in [6.07, 6.45) is 1.71. The summed E-state index contributed by atoms with van der Waals surface area (Å²) in [5.74, 6) is -0.438. The fraction of sp³-hybridized carbons (Fsp3) is 0.286. The van der Waals surface area contributed by atoms with Crippen molar-refractivity contribution in [2.24, 2.45) is 5.73 Å². The third-order valence-electron chi connectivity index (χ3n) is 1.41. The SMILES string of the molecule is COC(=O)[C@H](N)c1ccc[nH]1. The molecule has 0 amide bonds. The third-order valence-corrected chi connectivity index (χ3v) is 1.41. The molecule has 4 nitrogen and oxygen atoms in total. The molecule has 60 valence electrons. The summed E-state index contributed by atoms with van der Waals surface area (Å²) < 4.78 is 4.45. The number of hydrogen-bond acceptors (Lipinski definition) is 3. The molecule has 0 saturated heterocycles. The lowest BCUT2D eigenvalue weighted by molar-refractivity contribution is -0.142. The Morgan fingerprint density at radius 2 is 2.55 bits per heavy atom. The van der Waals surface area contributed by atoms with E-state index in [0.29, 0.717) is 5.69 Å². The van der Waals surface area contributed by atoms with Crippen molar-refractivity contribution in [1.29, 1.82) is 0 Å². The van der Waals surface area contributed by atoms with Crippen LogP contribution in [0.4, 0.5) is 0 Å². The van der Waals surface area contributed by atoms with E-state index in [1.54, 1.807) is 18.3 Å². The number of aromatic nitrogens is 1. The molecular weight excluding hydrogens is 144 g/mol. The van der Waals surface area contributed by atoms with Gasteiger partial charge in [0.2, 0.25) is 0 Å². The number of H-pyrrole nitrogens is 1. The number of hydrogen-bond donors (Lipinski definition) is 2. The number of aromatic amines is 1. The van der Waals surface area contributed by atoms with Crippen molar-refractivity contribution in [2.75, 3.05) is 7.11 Å². The Morgan fingerprint density at radius 3 is 3.00 bits per heavy atom. The van der Waals surface area contributed by atoms with Crippen molar-refractivity contribution in [2.45, 2.75) is 6.04 Å². The highest BCUT2D eigenvalue weighted by Gasteiger charge is 2.15. The van der Waals surface area contributed by atoms with Gasteiger partial charge in [-0.05, 0) is 12.1 Å². The quantitative estimate of drug-likeness (QED) is 0.597. The zero-order valence-electron chi connectivity index (χ0n) is 6.20. The summed E-state index contributed by atoms with van der Waals surface area (Å²) in [6.45, 7) is 0. The maximum absolute atomic E-state index is 10.8. The third kappa shape index (κ3) is 1.59. The fourth-order valence-electron chi connectivity index (χ4n) is 0.792. The summed E-state index contributed by atoms with van der Waals surface area (Å²) in [5.41, 5.74) is 6.15. The summed E-state index contributed by atoms with van der Waals surface area (Å²) >= 11 is 0. The predicted octanol–water partition coefficient (Wildman–Crippen LogP) is 0.187. The van der Waals surface area contributed by atoms with Crippen LogP contribution in [0.1, 0.15) is 11.7 Å². The Morgan fingerprint density at radius 1 is 1.82 bits per heavy atom. The van der Waals surface area contributed by atoms with Crippen molar-refractivity contribution in [3.8, 4) is 0 Å². The van der Waals surface area contributed by atoms with Crippen molar-refractivity contribution in [3.05, 3.63) is 24.0 Å². The Hall–Kier alpha value is -1.29. The standard InChI is InChI=1S/C7H10N2O2/c1-11-7(10)6(8)5-3-2-4-9-5/h2-4,6,9H,8H2,1H3/t6-/m1/s1. The molecule has 0 saturated carbocycles. The number of carbonyl (C=O) groups is 1. The van der Waals surface area contributed by atoms with E-state index in [9.17, 15) is 4.79 Å². The van der Waals surface area contributed by atoms with Gasteiger partial charge in [-0.2, -0.15) is 0 Å². The van der Waals surface area contributed by atoms with Crippen LogP contribution < -0.4 is 5.73 Å². The highest BCUT2D eigenvalue weighted by atomic mass is 16.5. The van der Waals surface area contributed by atoms with E-state index in [-0.39, 0.29) is 0 Å². The maximum atomic E-state index is 10.8. The predicted molar refractivity (Wildman–Crippen MR) is 39.7 cm³/mol. The van der Waals surface area contributed by atoms with Crippen LogP contribution in [-0.4, -0.2) is 18.1 Å². The molecule has 0 fully saturated rings. The first-order chi connectivity index (χ1) is 5.25. The average Bonchev–Trinajstić information content (AvgIpc) is 2.53. The second-order valence-electron chi connectivity index (χ2n) is 2.13. The van der Waals surface area contributed by atoms with Crippen LogP contribution >= 0.6 is 0 Å². The lowest BCUT2D eigenvalue weighted by Crippen LogP contribution is -2.22. The molecule has 1 aromatic rings. The minimum atomic E-state index is -0.699. The molecule has 0 radical (unpaired) electrons. The van der Waals surface area contributed by atoms with Gasteiger partial charge < -0.3 is 15.5 Å². The molecule has 4 heteroatoms. The lowest BCUT2D eigenvalue weighted by atomic mass is 10.2. The number of carbonyl (C=O) groups excluding carboxylic acids is 1. The van der Waals surface area contributed by atoms with Gasteiger partial charge in [-0.15, -0.1) is 0 Å². The number of rotatable bonds is 2. The van der Waals surface area contributed by atoms with Crippen LogP contribution in [0, 0.1) is 0 Å². The molecule has 3 N–H and O–H groups in total. The van der Waals surface area contributed by atoms with E-state index in [4.69, 9.17) is 5.73 Å². The molecule has 1 aromatic heterocycles. The van der Waals surface area contributed by atoms with Crippen LogP contribution in [-0.2, 0) is 9.53 Å². The van der Waals surface area contributed by atoms with E-state index in [1.165, 1.54) is 7.11 Å². The molecule has 0 spiro atoms. The maximum Gasteiger partial charge on any atom is 0.328 e. The topological polar surface area (TPSA) is 68.1 Å². The molecule has 11 heavy (non-hydrogen) atoms. The van der Waals surface area contributed by atoms with E-state index >= 15 is 0 Å². The van der Waals surface area contributed by atoms with Gasteiger partial charge >= 0.3 is 5.97 Å². The van der Waals surface area contributed by atoms with E-state index < -0.39 is 12.0 Å². The van der Waals surface area contributed by atoms with Gasteiger partial charge in [0.15, 0.2) is 0 Å². The summed E-state index contributed by atoms with van der Waals surface area (Å²) in [5, 5.41) is 0. The molecule has 0 bridgehead atoms. The number of esters is 1. The fourth-order valence-corrected chi connectivity index (χ4v) is 0.792. The van der Waals surface area contributed by atoms with E-state index in [2.05, 4.69) is 9.72 Å². The van der Waals surface area contributed by atoms with Gasteiger partial charge in [-0.25, -0.2) is 4.79 Å². The van der Waals surface area contributed by atoms with Crippen LogP contribution in [0.5, 0.6) is 0 Å². The molecule has 1 atom stereocenters. The minimum Gasteiger partial charge on any atom is -0.468 e. The second-order valence-corrected chi connectivity index (χ2v) is 2.13. The van der Waals surface area contributed by atoms with Crippen LogP contribution in [0.2, 0.25) is 0 Å². The Bertz CT molecular complexity index is 231. The highest BCUT2D eigenvalue weighted by molar-refractivity contribution is 5.76. The Balaban J connectivity index is 2.70. The number of ether oxygens (including phenoxy) is 1. The molecule has 0 aliphatic rings. The summed E-state index contributed by atoms with van der Waals surface area (Å²) in [4.78, 5) is 13.7. The van der Waals surface area contributed by atoms with E-state index in [1.807, 2.05) is 0 Å². The molecule has 0 aromatic carbocycles. The molecule has 0 aliphatic carbocycles. The van der Waals surface area contributed by atoms with Gasteiger partial charge in [0.25, 0.3) is 0 Å². The molecule has 1 heterocycles. The van der Waals surface area contributed by atoms with Crippen LogP contribution in [0.15, 0.2) is 18.3 Å². The van der Waals surface area contributed by atoms with Gasteiger partial charge in [0.1, 0.15) is 6.04 Å². The van der Waals surface area contributed by atoms with Gasteiger partial charge in [0, 0.05) is 11.9 Å². The largest absolute Gasteiger partial charge is 0.468 e. The molecule has 1 rings (SSSR count). The van der Waals surface area contributed by atoms with E-state index in [0.717, 1.165) is 0 Å². The van der Waals surface area contributed by atoms with Crippen molar-refractivity contribution in [3.63, 3.8) is 0 Å². The molecule has 0 unspecified atom stereocenters. The monoisotopic (exact) mass is 154 g/mol. The summed E-state index contributed by atoms with van der Waals surface area (Å²) in [6, 6.07) is 2.81. The normalized spacial score (nSPS) is 12.5. The molecule has 0 aliphatic heterocycles. The Labute approximate surface area is 64.4 Å². The van der Waals surface area contributed by atoms with Gasteiger partial charge in [0.05, 0.1) is 7.11 Å². The smallest absolute Gasteiger partial charge is 0.328 e. The average molecular weight is 154 g/mol. The number of nitrogens with two attached hydrogens (primary N) is 1. The van der Waals surface area contributed by atoms with Crippen molar-refractivity contribution >= 4 is 5.97 Å². The number of methoxy groups -OCH3 is 1. The highest BCUT2D eigenvalue weighted by Crippen LogP contribution is 2.07. The van der Waals surface area contributed by atoms with Gasteiger partial charge in [-0.3, -0.25) is 0 Å². The van der Waals surface area contributed by atoms with Crippen LogP contribution in [0.25, 0.3) is 0 Å². The first-order valence-corrected chi connectivity index (χ1v) is 3.22.